The van der Waals surface area contributed by atoms with Crippen molar-refractivity contribution in [2.75, 3.05) is 20.1 Å². The Morgan fingerprint density at radius 1 is 1.43 bits per heavy atom. The minimum absolute atomic E-state index is 0. The number of aliphatic imine (C=N–C) groups is 1. The lowest BCUT2D eigenvalue weighted by atomic mass is 9.80. The Balaban J connectivity index is 0.00000220. The molecule has 1 aliphatic carbocycles. The molecule has 0 amide bonds. The number of hydrogen-bond acceptors (Lipinski definition) is 4. The molecule has 0 saturated heterocycles. The highest BCUT2D eigenvalue weighted by molar-refractivity contribution is 14.0. The molecule has 1 saturated carbocycles. The zero-order chi connectivity index (χ0) is 14.6. The van der Waals surface area contributed by atoms with Gasteiger partial charge in [-0.1, -0.05) is 0 Å². The molecule has 7 heteroatoms. The van der Waals surface area contributed by atoms with Crippen molar-refractivity contribution >= 4 is 29.9 Å². The highest BCUT2D eigenvalue weighted by Crippen LogP contribution is 2.30. The zero-order valence-corrected chi connectivity index (χ0v) is 14.8. The molecule has 120 valence electrons. The normalized spacial score (nSPS) is 18.4. The summed E-state index contributed by atoms with van der Waals surface area (Å²) in [6, 6.07) is 3.58. The maximum absolute atomic E-state index is 10.0. The smallest absolute Gasteiger partial charge is 0.191 e. The molecule has 6 nitrogen and oxygen atoms in total. The Morgan fingerprint density at radius 3 is 2.62 bits per heavy atom. The van der Waals surface area contributed by atoms with Gasteiger partial charge in [-0.3, -0.25) is 4.99 Å². The van der Waals surface area contributed by atoms with Crippen LogP contribution in [0.3, 0.4) is 0 Å². The van der Waals surface area contributed by atoms with Crippen LogP contribution in [0.2, 0.25) is 0 Å². The number of aliphatic hydroxyl groups is 2. The molecule has 4 N–H and O–H groups in total. The topological polar surface area (TPSA) is 90.0 Å². The van der Waals surface area contributed by atoms with Crippen LogP contribution < -0.4 is 10.6 Å². The molecule has 0 bridgehead atoms. The van der Waals surface area contributed by atoms with Crippen molar-refractivity contribution in [1.29, 1.82) is 0 Å². The molecule has 0 spiro atoms. The molecule has 1 unspecified atom stereocenters. The van der Waals surface area contributed by atoms with Crippen LogP contribution in [0, 0.1) is 6.92 Å². The number of hydrogen-bond donors (Lipinski definition) is 4. The molecule has 1 aromatic heterocycles. The summed E-state index contributed by atoms with van der Waals surface area (Å²) in [6.45, 7) is 2.61. The lowest BCUT2D eigenvalue weighted by Crippen LogP contribution is -2.51. The van der Waals surface area contributed by atoms with E-state index >= 15 is 0 Å². The number of rotatable bonds is 5. The van der Waals surface area contributed by atoms with Gasteiger partial charge in [0.2, 0.25) is 0 Å². The Bertz CT molecular complexity index is 472. The van der Waals surface area contributed by atoms with Gasteiger partial charge in [0.25, 0.3) is 0 Å². The molecule has 21 heavy (non-hydrogen) atoms. The number of aliphatic hydroxyl groups excluding tert-OH is 1. The molecule has 1 atom stereocenters. The number of nitrogens with zero attached hydrogens (tertiary/aromatic N) is 1. The second-order valence-electron chi connectivity index (χ2n) is 5.35. The molecule has 1 heterocycles. The number of nitrogens with one attached hydrogen (secondary N) is 2. The largest absolute Gasteiger partial charge is 0.464 e. The van der Waals surface area contributed by atoms with Crippen LogP contribution in [0.25, 0.3) is 0 Å². The lowest BCUT2D eigenvalue weighted by molar-refractivity contribution is -0.0279. The van der Waals surface area contributed by atoms with Crippen LogP contribution >= 0.6 is 24.0 Å². The van der Waals surface area contributed by atoms with Crippen LogP contribution in [0.15, 0.2) is 21.5 Å². The number of aryl methyl sites for hydroxylation is 1. The highest BCUT2D eigenvalue weighted by Gasteiger charge is 2.34. The van der Waals surface area contributed by atoms with E-state index in [1.165, 1.54) is 0 Å². The van der Waals surface area contributed by atoms with E-state index in [-0.39, 0.29) is 24.0 Å². The molecule has 1 aliphatic rings. The number of guanidine groups is 1. The minimum Gasteiger partial charge on any atom is -0.464 e. The Kier molecular flexibility index (Phi) is 6.95. The molecule has 0 aliphatic heterocycles. The van der Waals surface area contributed by atoms with Gasteiger partial charge < -0.3 is 25.3 Å². The summed E-state index contributed by atoms with van der Waals surface area (Å²) in [4.78, 5) is 4.06. The van der Waals surface area contributed by atoms with Gasteiger partial charge in [-0.25, -0.2) is 0 Å². The summed E-state index contributed by atoms with van der Waals surface area (Å²) in [5, 5.41) is 26.1. The Labute approximate surface area is 142 Å². The standard InChI is InChI=1S/C14H23N3O3.HI/c1-10-4-5-12(20-10)11(18)8-16-13(15-2)17-9-14(19)6-3-7-14;/h4-5,11,18-19H,3,6-9H2,1-2H3,(H2,15,16,17);1H. The van der Waals surface area contributed by atoms with Crippen molar-refractivity contribution in [2.24, 2.45) is 4.99 Å². The van der Waals surface area contributed by atoms with E-state index in [1.54, 1.807) is 13.1 Å². The van der Waals surface area contributed by atoms with Crippen LogP contribution in [-0.2, 0) is 0 Å². The molecular weight excluding hydrogens is 385 g/mol. The van der Waals surface area contributed by atoms with Gasteiger partial charge in [-0.2, -0.15) is 0 Å². The van der Waals surface area contributed by atoms with Gasteiger partial charge in [-0.05, 0) is 38.3 Å². The minimum atomic E-state index is -0.728. The Hall–Kier alpha value is -0.800. The second kappa shape index (κ2) is 8.00. The SMILES string of the molecule is CN=C(NCC(O)c1ccc(C)o1)NCC1(O)CCC1.I. The van der Waals surface area contributed by atoms with Crippen molar-refractivity contribution < 1.29 is 14.6 Å². The summed E-state index contributed by atoms with van der Waals surface area (Å²) < 4.78 is 5.36. The van der Waals surface area contributed by atoms with Crippen LogP contribution in [0.4, 0.5) is 0 Å². The first-order valence-electron chi connectivity index (χ1n) is 6.94. The first-order valence-corrected chi connectivity index (χ1v) is 6.94. The number of halogens is 1. The molecule has 0 radical (unpaired) electrons. The number of furan rings is 1. The average Bonchev–Trinajstić information content (AvgIpc) is 2.83. The van der Waals surface area contributed by atoms with Crippen LogP contribution in [-0.4, -0.2) is 41.9 Å². The summed E-state index contributed by atoms with van der Waals surface area (Å²) in [5.74, 6) is 1.87. The summed E-state index contributed by atoms with van der Waals surface area (Å²) in [6.07, 6.45) is 1.99. The average molecular weight is 409 g/mol. The van der Waals surface area contributed by atoms with Crippen LogP contribution in [0.1, 0.15) is 36.9 Å². The third kappa shape index (κ3) is 5.15. The third-order valence-electron chi connectivity index (χ3n) is 3.65. The van der Waals surface area contributed by atoms with Crippen molar-refractivity contribution in [1.82, 2.24) is 10.6 Å². The third-order valence-corrected chi connectivity index (χ3v) is 3.65. The molecule has 2 rings (SSSR count). The summed E-state index contributed by atoms with van der Waals surface area (Å²) >= 11 is 0. The second-order valence-corrected chi connectivity index (χ2v) is 5.35. The van der Waals surface area contributed by atoms with E-state index in [0.717, 1.165) is 25.0 Å². The monoisotopic (exact) mass is 409 g/mol. The van der Waals surface area contributed by atoms with E-state index in [2.05, 4.69) is 15.6 Å². The predicted octanol–water partition coefficient (Wildman–Crippen LogP) is 1.32. The van der Waals surface area contributed by atoms with E-state index in [0.29, 0.717) is 24.8 Å². The fourth-order valence-corrected chi connectivity index (χ4v) is 2.16. The predicted molar refractivity (Wildman–Crippen MR) is 92.0 cm³/mol. The first-order chi connectivity index (χ1) is 9.52. The van der Waals surface area contributed by atoms with Gasteiger partial charge in [-0.15, -0.1) is 24.0 Å². The molecule has 1 aromatic rings. The van der Waals surface area contributed by atoms with E-state index in [9.17, 15) is 10.2 Å². The van der Waals surface area contributed by atoms with E-state index < -0.39 is 11.7 Å². The first kappa shape index (κ1) is 18.2. The fourth-order valence-electron chi connectivity index (χ4n) is 2.16. The van der Waals surface area contributed by atoms with Gasteiger partial charge >= 0.3 is 0 Å². The van der Waals surface area contributed by atoms with Crippen molar-refractivity contribution in [3.8, 4) is 0 Å². The van der Waals surface area contributed by atoms with Crippen molar-refractivity contribution in [3.63, 3.8) is 0 Å². The zero-order valence-electron chi connectivity index (χ0n) is 12.4. The van der Waals surface area contributed by atoms with Crippen molar-refractivity contribution in [2.45, 2.75) is 37.9 Å². The Morgan fingerprint density at radius 2 is 2.14 bits per heavy atom. The molecule has 0 aromatic carbocycles. The summed E-state index contributed by atoms with van der Waals surface area (Å²) in [5.41, 5.74) is -0.603. The molecular formula is C14H24IN3O3. The highest BCUT2D eigenvalue weighted by atomic mass is 127. The maximum Gasteiger partial charge on any atom is 0.191 e. The molecule has 1 fully saturated rings. The summed E-state index contributed by atoms with van der Waals surface area (Å²) in [7, 11) is 1.66. The quantitative estimate of drug-likeness (QED) is 0.335. The van der Waals surface area contributed by atoms with Gasteiger partial charge in [0.15, 0.2) is 5.96 Å². The van der Waals surface area contributed by atoms with E-state index in [4.69, 9.17) is 4.42 Å². The fraction of sp³-hybridized carbons (Fsp3) is 0.643. The lowest BCUT2D eigenvalue weighted by Gasteiger charge is -2.37. The van der Waals surface area contributed by atoms with Crippen molar-refractivity contribution in [3.05, 3.63) is 23.7 Å². The van der Waals surface area contributed by atoms with Crippen LogP contribution in [0.5, 0.6) is 0 Å². The van der Waals surface area contributed by atoms with Gasteiger partial charge in [0, 0.05) is 13.6 Å². The van der Waals surface area contributed by atoms with Gasteiger partial charge in [0.05, 0.1) is 12.1 Å². The van der Waals surface area contributed by atoms with E-state index in [1.807, 2.05) is 13.0 Å². The maximum atomic E-state index is 10.0. The van der Waals surface area contributed by atoms with Gasteiger partial charge in [0.1, 0.15) is 17.6 Å².